The number of unbranched alkanes of at least 4 members (excludes halogenated alkanes) is 1. The lowest BCUT2D eigenvalue weighted by Crippen LogP contribution is -2.47. The molecule has 1 saturated heterocycles. The quantitative estimate of drug-likeness (QED) is 0.0112. The number of piperazine rings is 1. The summed E-state index contributed by atoms with van der Waals surface area (Å²) in [6, 6.07) is 21.4. The van der Waals surface area contributed by atoms with Crippen LogP contribution >= 0.6 is 11.3 Å². The number of hydrazone groups is 1. The smallest absolute Gasteiger partial charge is 0.325 e. The fourth-order valence-electron chi connectivity index (χ4n) is 9.02. The number of hydrogen-bond donors (Lipinski definition) is 4. The minimum atomic E-state index is -0.765. The van der Waals surface area contributed by atoms with Gasteiger partial charge >= 0.3 is 6.03 Å². The Balaban J connectivity index is 0.739. The van der Waals surface area contributed by atoms with Crippen LogP contribution in [0.25, 0.3) is 0 Å². The van der Waals surface area contributed by atoms with Crippen LogP contribution in [0.15, 0.2) is 125 Å². The summed E-state index contributed by atoms with van der Waals surface area (Å²) in [5.41, 5.74) is 5.44. The molecule has 1 aliphatic carbocycles. The van der Waals surface area contributed by atoms with Crippen LogP contribution in [0.4, 0.5) is 15.6 Å². The van der Waals surface area contributed by atoms with Crippen LogP contribution in [0.5, 0.6) is 11.5 Å². The number of rotatable bonds is 40. The number of nitrogens with two attached hydrogens (primary N) is 1. The van der Waals surface area contributed by atoms with Crippen LogP contribution in [-0.4, -0.2) is 193 Å². The Morgan fingerprint density at radius 2 is 1.49 bits per heavy atom. The number of carbonyl (C=O) groups excluding carboxylic acids is 4. The van der Waals surface area contributed by atoms with Crippen LogP contribution in [-0.2, 0) is 52.8 Å². The second kappa shape index (κ2) is 37.9. The van der Waals surface area contributed by atoms with E-state index in [1.54, 1.807) is 66.1 Å². The summed E-state index contributed by atoms with van der Waals surface area (Å²) in [5, 5.41) is 14.6. The highest BCUT2D eigenvalue weighted by Crippen LogP contribution is 2.36. The number of urea groups is 1. The molecule has 1 unspecified atom stereocenters. The van der Waals surface area contributed by atoms with Gasteiger partial charge in [0.05, 0.1) is 77.2 Å². The molecular formula is C63H87N11O10S. The van der Waals surface area contributed by atoms with Crippen molar-refractivity contribution in [1.29, 1.82) is 0 Å². The second-order valence-electron chi connectivity index (χ2n) is 20.7. The van der Waals surface area contributed by atoms with Gasteiger partial charge in [0.2, 0.25) is 17.7 Å². The topological polar surface area (TPSA) is 236 Å². The molecule has 1 saturated carbocycles. The molecule has 21 nitrogen and oxygen atoms in total. The van der Waals surface area contributed by atoms with E-state index < -0.39 is 12.1 Å². The Morgan fingerprint density at radius 1 is 0.812 bits per heavy atom. The summed E-state index contributed by atoms with van der Waals surface area (Å²) in [5.74, 6) is 6.76. The van der Waals surface area contributed by atoms with Gasteiger partial charge in [0, 0.05) is 82.5 Å². The highest BCUT2D eigenvalue weighted by molar-refractivity contribution is 7.14. The Morgan fingerprint density at radius 3 is 2.19 bits per heavy atom. The molecule has 2 heterocycles. The number of likely N-dealkylation sites (N-methyl/N-ethyl adjacent to an activating group) is 2. The van der Waals surface area contributed by atoms with E-state index in [1.807, 2.05) is 60.5 Å². The first-order valence-corrected chi connectivity index (χ1v) is 30.1. The minimum absolute atomic E-state index is 0.0108. The molecule has 1 aliphatic heterocycles. The van der Waals surface area contributed by atoms with Crippen molar-refractivity contribution < 1.29 is 47.6 Å². The van der Waals surface area contributed by atoms with Crippen LogP contribution in [0.2, 0.25) is 0 Å². The fraction of sp³-hybridized carbons (Fsp3) is 0.476. The molecule has 0 spiro atoms. The third kappa shape index (κ3) is 25.0. The first-order valence-electron chi connectivity index (χ1n) is 29.2. The van der Waals surface area contributed by atoms with Crippen molar-refractivity contribution in [1.82, 2.24) is 29.9 Å². The molecule has 85 heavy (non-hydrogen) atoms. The van der Waals surface area contributed by atoms with Crippen LogP contribution in [0, 0.1) is 0 Å². The second-order valence-corrected chi connectivity index (χ2v) is 21.6. The van der Waals surface area contributed by atoms with Gasteiger partial charge in [-0.3, -0.25) is 24.7 Å². The van der Waals surface area contributed by atoms with Gasteiger partial charge in [-0.1, -0.05) is 67.8 Å². The maximum absolute atomic E-state index is 14.0. The van der Waals surface area contributed by atoms with Crippen molar-refractivity contribution in [3.8, 4) is 11.5 Å². The largest absolute Gasteiger partial charge is 0.494 e. The highest BCUT2D eigenvalue weighted by atomic mass is 32.1. The van der Waals surface area contributed by atoms with E-state index in [2.05, 4.69) is 61.0 Å². The number of benzene rings is 3. The number of methoxy groups -OCH3 is 1. The molecule has 1 aromatic heterocycles. The van der Waals surface area contributed by atoms with E-state index in [9.17, 15) is 19.2 Å². The molecule has 2 aliphatic rings. The van der Waals surface area contributed by atoms with Gasteiger partial charge < -0.3 is 64.5 Å². The zero-order valence-electron chi connectivity index (χ0n) is 49.8. The first kappa shape index (κ1) is 66.8. The maximum atomic E-state index is 14.0. The van der Waals surface area contributed by atoms with Crippen molar-refractivity contribution in [2.24, 2.45) is 15.9 Å². The normalized spacial score (nSPS) is 14.3. The number of aryl methyl sites for hydroxylation is 1. The van der Waals surface area contributed by atoms with E-state index in [-0.39, 0.29) is 43.1 Å². The third-order valence-corrected chi connectivity index (χ3v) is 14.8. The molecule has 0 radical (unpaired) electrons. The molecule has 1 atom stereocenters. The summed E-state index contributed by atoms with van der Waals surface area (Å²) in [6.45, 7) is 17.3. The van der Waals surface area contributed by atoms with Gasteiger partial charge in [-0.25, -0.2) is 9.78 Å². The molecule has 4 aromatic rings. The summed E-state index contributed by atoms with van der Waals surface area (Å²) in [6.07, 6.45) is 11.9. The molecule has 0 bridgehead atoms. The predicted molar refractivity (Wildman–Crippen MR) is 335 cm³/mol. The van der Waals surface area contributed by atoms with Crippen molar-refractivity contribution >= 4 is 57.8 Å². The number of anilines is 2. The zero-order chi connectivity index (χ0) is 60.4. The lowest BCUT2D eigenvalue weighted by Gasteiger charge is -2.32. The number of amides is 5. The summed E-state index contributed by atoms with van der Waals surface area (Å²) in [7, 11) is 5.77. The van der Waals surface area contributed by atoms with E-state index in [0.717, 1.165) is 79.9 Å². The standard InChI is InChI=1S/C63H87N11O10S/c1-6-10-48(7-2)44-66-61(77)60(51-16-11-50(12-17-51)46-79-5)74(55-20-21-55)58(75)26-15-49-13-22-56(23-14-49)83-35-9-8-29-71(3)34-38-82-40-39-80-36-27-53(70-64)45-65-28-37-81-41-42-84-57-24-18-52(19-25-57)67-62(78)69-63-68-54(47-85-63)43-59(76)73-32-30-72(4)31-33-73/h6-7,10-14,16-19,22-25,45,47,55,60H,1-2,8-9,15,20-21,26-44,46,64H2,3-5H3,(H,66,77)(H2,67,68,69,78)/b48-10+,65-45?,70-53-. The van der Waals surface area contributed by atoms with E-state index in [4.69, 9.17) is 34.3 Å². The van der Waals surface area contributed by atoms with Gasteiger partial charge in [0.15, 0.2) is 5.13 Å². The lowest BCUT2D eigenvalue weighted by atomic mass is 10.0. The molecule has 2 fully saturated rings. The Bertz CT molecular complexity index is 2760. The Kier molecular flexibility index (Phi) is 29.8. The number of hydrogen-bond acceptors (Lipinski definition) is 17. The number of nitrogens with zero attached hydrogens (tertiary/aromatic N) is 7. The highest BCUT2D eigenvalue weighted by Gasteiger charge is 2.41. The molecule has 5 N–H and O–H groups in total. The average molecular weight is 1190 g/mol. The van der Waals surface area contributed by atoms with Crippen LogP contribution in [0.3, 0.4) is 0 Å². The number of aliphatic imine (C=N–C) groups is 1. The van der Waals surface area contributed by atoms with Gasteiger partial charge in [-0.2, -0.15) is 5.10 Å². The van der Waals surface area contributed by atoms with Gasteiger partial charge in [0.25, 0.3) is 0 Å². The summed E-state index contributed by atoms with van der Waals surface area (Å²) >= 11 is 1.28. The molecule has 22 heteroatoms. The molecular weight excluding hydrogens is 1100 g/mol. The number of nitrogens with one attached hydrogen (secondary N) is 3. The van der Waals surface area contributed by atoms with Crippen LogP contribution in [0.1, 0.15) is 67.0 Å². The predicted octanol–water partition coefficient (Wildman–Crippen LogP) is 7.32. The molecule has 5 amide bonds. The number of aromatic nitrogens is 1. The third-order valence-electron chi connectivity index (χ3n) is 14.0. The van der Waals surface area contributed by atoms with E-state index in [1.165, 1.54) is 11.3 Å². The number of carbonyl (C=O) groups is 4. The van der Waals surface area contributed by atoms with E-state index >= 15 is 0 Å². The van der Waals surface area contributed by atoms with E-state index in [0.29, 0.717) is 120 Å². The van der Waals surface area contributed by atoms with Crippen LogP contribution < -0.4 is 31.3 Å². The number of allylic oxidation sites excluding steroid dienone is 2. The van der Waals surface area contributed by atoms with Crippen molar-refractivity contribution in [2.45, 2.75) is 70.1 Å². The Labute approximate surface area is 505 Å². The van der Waals surface area contributed by atoms with Crippen molar-refractivity contribution in [3.05, 3.63) is 138 Å². The minimum Gasteiger partial charge on any atom is -0.494 e. The van der Waals surface area contributed by atoms with Gasteiger partial charge in [-0.05, 0) is 111 Å². The van der Waals surface area contributed by atoms with Crippen molar-refractivity contribution in [3.63, 3.8) is 0 Å². The SMILES string of the molecule is C=C/C=C(\C=C)CNC(=O)C(c1ccc(COC)cc1)N(C(=O)CCc1ccc(OCCCCN(C)CCOCCOCC/C(C=NCCOCCOc2ccc(NC(=O)Nc3nc(CC(=O)N4CCN(C)CC4)cs3)cc2)=N/N)cc1)C1CC1. The van der Waals surface area contributed by atoms with Gasteiger partial charge in [0.1, 0.15) is 24.1 Å². The fourth-order valence-corrected chi connectivity index (χ4v) is 9.72. The lowest BCUT2D eigenvalue weighted by molar-refractivity contribution is -0.141. The van der Waals surface area contributed by atoms with Gasteiger partial charge in [-0.15, -0.1) is 11.3 Å². The van der Waals surface area contributed by atoms with Crippen molar-refractivity contribution in [2.75, 3.05) is 137 Å². The maximum Gasteiger partial charge on any atom is 0.325 e. The summed E-state index contributed by atoms with van der Waals surface area (Å²) in [4.78, 5) is 70.0. The molecule has 3 aromatic carbocycles. The molecule has 6 rings (SSSR count). The number of thiazole rings is 1. The number of ether oxygens (including phenoxy) is 6. The molecule has 460 valence electrons. The zero-order valence-corrected chi connectivity index (χ0v) is 50.6. The summed E-state index contributed by atoms with van der Waals surface area (Å²) < 4.78 is 34.3. The first-order chi connectivity index (χ1) is 41.4. The Hall–Kier alpha value is -7.31. The average Bonchev–Trinajstić information content (AvgIpc) is 4.12. The monoisotopic (exact) mass is 1190 g/mol.